The van der Waals surface area contributed by atoms with Crippen LogP contribution in [0.2, 0.25) is 10.0 Å². The first-order chi connectivity index (χ1) is 10.1. The first-order valence-corrected chi connectivity index (χ1v) is 7.23. The molecule has 0 bridgehead atoms. The van der Waals surface area contributed by atoms with Gasteiger partial charge >= 0.3 is 0 Å². The fourth-order valence-corrected chi connectivity index (χ4v) is 2.83. The fourth-order valence-electron chi connectivity index (χ4n) is 2.32. The Morgan fingerprint density at radius 2 is 2.05 bits per heavy atom. The molecule has 2 aromatic carbocycles. The Kier molecular flexibility index (Phi) is 3.93. The van der Waals surface area contributed by atoms with Gasteiger partial charge in [0.2, 0.25) is 0 Å². The van der Waals surface area contributed by atoms with Crippen molar-refractivity contribution >= 4 is 28.9 Å². The van der Waals surface area contributed by atoms with Gasteiger partial charge in [-0.25, -0.2) is 4.39 Å². The first kappa shape index (κ1) is 14.4. The Labute approximate surface area is 131 Å². The number of rotatable bonds is 2. The zero-order valence-corrected chi connectivity index (χ0v) is 12.5. The first-order valence-electron chi connectivity index (χ1n) is 6.48. The zero-order chi connectivity index (χ0) is 15.0. The second kappa shape index (κ2) is 5.72. The Morgan fingerprint density at radius 1 is 1.24 bits per heavy atom. The van der Waals surface area contributed by atoms with Crippen LogP contribution >= 0.6 is 23.2 Å². The summed E-state index contributed by atoms with van der Waals surface area (Å²) in [6, 6.07) is 7.86. The number of hydrogen-bond acceptors (Lipinski definition) is 3. The molecule has 1 atom stereocenters. The summed E-state index contributed by atoms with van der Waals surface area (Å²) in [5, 5.41) is 4.09. The molecule has 110 valence electrons. The average Bonchev–Trinajstić information content (AvgIpc) is 2.46. The third kappa shape index (κ3) is 2.79. The lowest BCUT2D eigenvalue weighted by molar-refractivity contribution is 0.215. The summed E-state index contributed by atoms with van der Waals surface area (Å²) < 4.78 is 19.7. The lowest BCUT2D eigenvalue weighted by atomic mass is 10.0. The molecular formula is C15H13Cl2FN2O. The highest BCUT2D eigenvalue weighted by molar-refractivity contribution is 6.36. The molecule has 1 aliphatic heterocycles. The normalized spacial score (nSPS) is 16.9. The highest BCUT2D eigenvalue weighted by Gasteiger charge is 2.23. The molecule has 3 rings (SSSR count). The quantitative estimate of drug-likeness (QED) is 0.878. The summed E-state index contributed by atoms with van der Waals surface area (Å²) in [6.45, 7) is 0.915. The predicted octanol–water partition coefficient (Wildman–Crippen LogP) is 3.93. The van der Waals surface area contributed by atoms with E-state index in [1.165, 1.54) is 12.1 Å². The Bertz CT molecular complexity index is 694. The summed E-state index contributed by atoms with van der Waals surface area (Å²) >= 11 is 12.1. The zero-order valence-electron chi connectivity index (χ0n) is 11.0. The molecule has 3 N–H and O–H groups in total. The SMILES string of the molecule is NC[C@H]1CNc2cc(F)cc(-c3ccc(Cl)cc3Cl)c2O1. The van der Waals surface area contributed by atoms with Crippen molar-refractivity contribution in [3.8, 4) is 16.9 Å². The largest absolute Gasteiger partial charge is 0.484 e. The van der Waals surface area contributed by atoms with Crippen LogP contribution in [0.3, 0.4) is 0 Å². The summed E-state index contributed by atoms with van der Waals surface area (Å²) in [4.78, 5) is 0. The van der Waals surface area contributed by atoms with E-state index in [9.17, 15) is 4.39 Å². The van der Waals surface area contributed by atoms with Crippen LogP contribution < -0.4 is 15.8 Å². The van der Waals surface area contributed by atoms with E-state index in [0.29, 0.717) is 45.7 Å². The van der Waals surface area contributed by atoms with E-state index in [1.54, 1.807) is 18.2 Å². The summed E-state index contributed by atoms with van der Waals surface area (Å²) in [6.07, 6.45) is -0.159. The molecule has 0 aliphatic carbocycles. The summed E-state index contributed by atoms with van der Waals surface area (Å²) in [5.41, 5.74) is 7.49. The van der Waals surface area contributed by atoms with Gasteiger partial charge < -0.3 is 15.8 Å². The fraction of sp³-hybridized carbons (Fsp3) is 0.200. The molecule has 6 heteroatoms. The maximum atomic E-state index is 13.8. The van der Waals surface area contributed by atoms with Crippen molar-refractivity contribution in [3.63, 3.8) is 0 Å². The van der Waals surface area contributed by atoms with Crippen LogP contribution in [0.5, 0.6) is 5.75 Å². The van der Waals surface area contributed by atoms with Crippen molar-refractivity contribution < 1.29 is 9.13 Å². The third-order valence-corrected chi connectivity index (χ3v) is 3.89. The van der Waals surface area contributed by atoms with Crippen LogP contribution in [-0.4, -0.2) is 19.2 Å². The lowest BCUT2D eigenvalue weighted by Gasteiger charge is -2.28. The van der Waals surface area contributed by atoms with Crippen LogP contribution in [0, 0.1) is 5.82 Å². The van der Waals surface area contributed by atoms with E-state index in [2.05, 4.69) is 5.32 Å². The Hall–Kier alpha value is -1.49. The predicted molar refractivity (Wildman–Crippen MR) is 83.8 cm³/mol. The molecule has 0 spiro atoms. The van der Waals surface area contributed by atoms with Gasteiger partial charge in [0, 0.05) is 28.8 Å². The van der Waals surface area contributed by atoms with E-state index in [1.807, 2.05) is 0 Å². The molecule has 0 aromatic heterocycles. The number of fused-ring (bicyclic) bond motifs is 1. The summed E-state index contributed by atoms with van der Waals surface area (Å²) in [7, 11) is 0. The van der Waals surface area contributed by atoms with Crippen molar-refractivity contribution in [1.29, 1.82) is 0 Å². The van der Waals surface area contributed by atoms with E-state index >= 15 is 0 Å². The highest BCUT2D eigenvalue weighted by atomic mass is 35.5. The van der Waals surface area contributed by atoms with Crippen LogP contribution in [0.15, 0.2) is 30.3 Å². The van der Waals surface area contributed by atoms with Gasteiger partial charge in [-0.3, -0.25) is 0 Å². The van der Waals surface area contributed by atoms with Crippen LogP contribution in [0.1, 0.15) is 0 Å². The number of benzene rings is 2. The van der Waals surface area contributed by atoms with Crippen LogP contribution in [0.4, 0.5) is 10.1 Å². The minimum Gasteiger partial charge on any atom is -0.484 e. The molecule has 0 amide bonds. The number of ether oxygens (including phenoxy) is 1. The minimum atomic E-state index is -0.364. The van der Waals surface area contributed by atoms with Crippen molar-refractivity contribution in [1.82, 2.24) is 0 Å². The lowest BCUT2D eigenvalue weighted by Crippen LogP contribution is -2.37. The third-order valence-electron chi connectivity index (χ3n) is 3.34. The molecule has 0 fully saturated rings. The standard InChI is InChI=1S/C15H13Cl2FN2O/c16-8-1-2-11(13(17)3-8)12-4-9(18)5-14-15(12)21-10(6-19)7-20-14/h1-5,10,20H,6-7,19H2/t10-/m0/s1. The smallest absolute Gasteiger partial charge is 0.151 e. The van der Waals surface area contributed by atoms with Crippen LogP contribution in [0.25, 0.3) is 11.1 Å². The maximum Gasteiger partial charge on any atom is 0.151 e. The minimum absolute atomic E-state index is 0.159. The van der Waals surface area contributed by atoms with Crippen molar-refractivity contribution in [2.75, 3.05) is 18.4 Å². The van der Waals surface area contributed by atoms with Gasteiger partial charge in [0.1, 0.15) is 11.9 Å². The second-order valence-corrected chi connectivity index (χ2v) is 5.65. The average molecular weight is 327 g/mol. The molecular weight excluding hydrogens is 314 g/mol. The topological polar surface area (TPSA) is 47.3 Å². The van der Waals surface area contributed by atoms with Gasteiger partial charge in [0.15, 0.2) is 5.75 Å². The molecule has 0 saturated heterocycles. The van der Waals surface area contributed by atoms with Gasteiger partial charge in [-0.2, -0.15) is 0 Å². The molecule has 0 unspecified atom stereocenters. The molecule has 2 aromatic rings. The monoisotopic (exact) mass is 326 g/mol. The molecule has 0 radical (unpaired) electrons. The number of halogens is 3. The van der Waals surface area contributed by atoms with E-state index in [-0.39, 0.29) is 11.9 Å². The number of nitrogens with two attached hydrogens (primary N) is 1. The van der Waals surface area contributed by atoms with Gasteiger partial charge in [-0.05, 0) is 18.2 Å². The molecule has 1 aliphatic rings. The van der Waals surface area contributed by atoms with Crippen molar-refractivity contribution in [2.45, 2.75) is 6.10 Å². The van der Waals surface area contributed by atoms with Crippen LogP contribution in [-0.2, 0) is 0 Å². The van der Waals surface area contributed by atoms with Gasteiger partial charge in [0.25, 0.3) is 0 Å². The maximum absolute atomic E-state index is 13.8. The number of hydrogen-bond donors (Lipinski definition) is 2. The molecule has 21 heavy (non-hydrogen) atoms. The van der Waals surface area contributed by atoms with E-state index < -0.39 is 0 Å². The van der Waals surface area contributed by atoms with E-state index in [4.69, 9.17) is 33.7 Å². The molecule has 0 saturated carbocycles. The van der Waals surface area contributed by atoms with Crippen molar-refractivity contribution in [3.05, 3.63) is 46.2 Å². The Morgan fingerprint density at radius 3 is 2.76 bits per heavy atom. The molecule has 1 heterocycles. The van der Waals surface area contributed by atoms with Gasteiger partial charge in [0.05, 0.1) is 17.3 Å². The van der Waals surface area contributed by atoms with Gasteiger partial charge in [-0.15, -0.1) is 0 Å². The highest BCUT2D eigenvalue weighted by Crippen LogP contribution is 2.42. The number of nitrogens with one attached hydrogen (secondary N) is 1. The Balaban J connectivity index is 2.16. The van der Waals surface area contributed by atoms with Gasteiger partial charge in [-0.1, -0.05) is 29.3 Å². The van der Waals surface area contributed by atoms with E-state index in [0.717, 1.165) is 0 Å². The number of anilines is 1. The summed E-state index contributed by atoms with van der Waals surface area (Å²) in [5.74, 6) is 0.194. The van der Waals surface area contributed by atoms with Crippen molar-refractivity contribution in [2.24, 2.45) is 5.73 Å². The molecule has 3 nitrogen and oxygen atoms in total. The second-order valence-electron chi connectivity index (χ2n) is 4.81.